The Balaban J connectivity index is 2.43. The molecule has 19 heavy (non-hydrogen) atoms. The number of rotatable bonds is 3. The Morgan fingerprint density at radius 3 is 2.68 bits per heavy atom. The van der Waals surface area contributed by atoms with E-state index in [4.69, 9.17) is 27.8 Å². The van der Waals surface area contributed by atoms with Crippen molar-refractivity contribution in [1.29, 1.82) is 0 Å². The molecule has 0 aliphatic carbocycles. The Morgan fingerprint density at radius 2 is 2.16 bits per heavy atom. The van der Waals surface area contributed by atoms with E-state index in [1.807, 2.05) is 0 Å². The molecule has 1 aromatic heterocycles. The molecule has 0 saturated carbocycles. The Labute approximate surface area is 113 Å². The number of aliphatic hydroxyl groups excluding tert-OH is 3. The summed E-state index contributed by atoms with van der Waals surface area (Å²) in [5, 5.41) is 28.6. The molecular formula is C10H15N3O5S. The van der Waals surface area contributed by atoms with Gasteiger partial charge in [-0.1, -0.05) is 0 Å². The van der Waals surface area contributed by atoms with Crippen LogP contribution in [0.2, 0.25) is 0 Å². The minimum Gasteiger partial charge on any atom is -0.394 e. The van der Waals surface area contributed by atoms with Crippen LogP contribution in [0.4, 0.5) is 0 Å². The van der Waals surface area contributed by atoms with E-state index in [0.29, 0.717) is 0 Å². The minimum absolute atomic E-state index is 0.000254. The van der Waals surface area contributed by atoms with Crippen molar-refractivity contribution in [2.24, 2.45) is 5.73 Å². The van der Waals surface area contributed by atoms with E-state index in [1.165, 1.54) is 10.8 Å². The summed E-state index contributed by atoms with van der Waals surface area (Å²) in [7, 11) is 0. The highest BCUT2D eigenvalue weighted by molar-refractivity contribution is 7.71. The summed E-state index contributed by atoms with van der Waals surface area (Å²) < 4.78 is 6.67. The third kappa shape index (κ3) is 2.48. The lowest BCUT2D eigenvalue weighted by atomic mass is 10.1. The highest BCUT2D eigenvalue weighted by Crippen LogP contribution is 2.29. The van der Waals surface area contributed by atoms with Crippen molar-refractivity contribution in [3.63, 3.8) is 0 Å². The van der Waals surface area contributed by atoms with Crippen LogP contribution in [-0.2, 0) is 11.3 Å². The third-order valence-corrected chi connectivity index (χ3v) is 3.37. The predicted molar refractivity (Wildman–Crippen MR) is 66.8 cm³/mol. The SMILES string of the molecule is NCc1cn(C2OC(CO)C(O)C2O)c(=S)[nH]c1=O. The minimum atomic E-state index is -1.26. The molecule has 0 bridgehead atoms. The van der Waals surface area contributed by atoms with Gasteiger partial charge in [-0.05, 0) is 12.2 Å². The molecular weight excluding hydrogens is 274 g/mol. The molecule has 2 rings (SSSR count). The largest absolute Gasteiger partial charge is 0.394 e. The van der Waals surface area contributed by atoms with Gasteiger partial charge in [-0.15, -0.1) is 0 Å². The van der Waals surface area contributed by atoms with Crippen LogP contribution in [0.25, 0.3) is 0 Å². The number of nitrogens with one attached hydrogen (secondary N) is 1. The van der Waals surface area contributed by atoms with Gasteiger partial charge in [-0.2, -0.15) is 0 Å². The maximum absolute atomic E-state index is 11.5. The maximum Gasteiger partial charge on any atom is 0.256 e. The van der Waals surface area contributed by atoms with Crippen LogP contribution in [0.3, 0.4) is 0 Å². The third-order valence-electron chi connectivity index (χ3n) is 3.05. The molecule has 1 aliphatic rings. The van der Waals surface area contributed by atoms with Gasteiger partial charge in [0.05, 0.1) is 6.61 Å². The standard InChI is InChI=1S/C10H15N3O5S/c11-1-4-2-13(10(19)12-8(4)17)9-7(16)6(15)5(3-14)18-9/h2,5-7,9,14-16H,1,3,11H2,(H,12,17,19). The molecule has 1 aromatic rings. The fraction of sp³-hybridized carbons (Fsp3) is 0.600. The highest BCUT2D eigenvalue weighted by Gasteiger charge is 2.43. The molecule has 4 unspecified atom stereocenters. The van der Waals surface area contributed by atoms with Crippen molar-refractivity contribution in [2.45, 2.75) is 31.1 Å². The highest BCUT2D eigenvalue weighted by atomic mass is 32.1. The Morgan fingerprint density at radius 1 is 1.47 bits per heavy atom. The van der Waals surface area contributed by atoms with Crippen LogP contribution in [0.1, 0.15) is 11.8 Å². The zero-order valence-corrected chi connectivity index (χ0v) is 10.7. The first kappa shape index (κ1) is 14.3. The summed E-state index contributed by atoms with van der Waals surface area (Å²) in [4.78, 5) is 13.9. The summed E-state index contributed by atoms with van der Waals surface area (Å²) >= 11 is 4.98. The van der Waals surface area contributed by atoms with Crippen molar-refractivity contribution in [1.82, 2.24) is 9.55 Å². The summed E-state index contributed by atoms with van der Waals surface area (Å²) in [6, 6.07) is 0. The fourth-order valence-electron chi connectivity index (χ4n) is 1.97. The monoisotopic (exact) mass is 289 g/mol. The second-order valence-electron chi connectivity index (χ2n) is 4.25. The number of aliphatic hydroxyl groups is 3. The normalized spacial score (nSPS) is 30.7. The molecule has 106 valence electrons. The number of aromatic nitrogens is 2. The van der Waals surface area contributed by atoms with Gasteiger partial charge in [0, 0.05) is 18.3 Å². The second kappa shape index (κ2) is 5.49. The van der Waals surface area contributed by atoms with Crippen molar-refractivity contribution in [3.8, 4) is 0 Å². The van der Waals surface area contributed by atoms with Crippen LogP contribution in [0.15, 0.2) is 11.0 Å². The quantitative estimate of drug-likeness (QED) is 0.405. The van der Waals surface area contributed by atoms with Gasteiger partial charge >= 0.3 is 0 Å². The molecule has 0 aromatic carbocycles. The van der Waals surface area contributed by atoms with Gasteiger partial charge in [0.15, 0.2) is 11.0 Å². The molecule has 8 nitrogen and oxygen atoms in total. The van der Waals surface area contributed by atoms with E-state index in [-0.39, 0.29) is 16.9 Å². The Bertz CT molecular complexity index is 571. The summed E-state index contributed by atoms with van der Waals surface area (Å²) in [6.45, 7) is -0.436. The van der Waals surface area contributed by atoms with Crippen LogP contribution < -0.4 is 11.3 Å². The molecule has 6 N–H and O–H groups in total. The molecule has 0 amide bonds. The van der Waals surface area contributed by atoms with Crippen molar-refractivity contribution < 1.29 is 20.1 Å². The van der Waals surface area contributed by atoms with Crippen LogP contribution in [0, 0.1) is 4.77 Å². The first-order valence-corrected chi connectivity index (χ1v) is 6.07. The Kier molecular flexibility index (Phi) is 4.13. The van der Waals surface area contributed by atoms with E-state index in [2.05, 4.69) is 4.98 Å². The number of aromatic amines is 1. The van der Waals surface area contributed by atoms with E-state index < -0.39 is 36.7 Å². The van der Waals surface area contributed by atoms with Crippen molar-refractivity contribution in [3.05, 3.63) is 26.9 Å². The van der Waals surface area contributed by atoms with Gasteiger partial charge in [0.2, 0.25) is 0 Å². The Hall–Kier alpha value is -1.10. The van der Waals surface area contributed by atoms with Gasteiger partial charge in [0.25, 0.3) is 5.56 Å². The summed E-state index contributed by atoms with van der Waals surface area (Å²) in [5.74, 6) is 0. The zero-order valence-electron chi connectivity index (χ0n) is 9.89. The second-order valence-corrected chi connectivity index (χ2v) is 4.64. The van der Waals surface area contributed by atoms with Crippen LogP contribution in [0.5, 0.6) is 0 Å². The van der Waals surface area contributed by atoms with E-state index in [9.17, 15) is 15.0 Å². The molecule has 1 saturated heterocycles. The lowest BCUT2D eigenvalue weighted by Crippen LogP contribution is -2.33. The molecule has 1 fully saturated rings. The van der Waals surface area contributed by atoms with Crippen molar-refractivity contribution >= 4 is 12.2 Å². The first-order valence-electron chi connectivity index (χ1n) is 5.66. The number of hydrogen-bond donors (Lipinski definition) is 5. The number of hydrogen-bond acceptors (Lipinski definition) is 7. The van der Waals surface area contributed by atoms with Gasteiger partial charge in [-0.3, -0.25) is 14.3 Å². The fourth-order valence-corrected chi connectivity index (χ4v) is 2.22. The molecule has 4 atom stereocenters. The smallest absolute Gasteiger partial charge is 0.256 e. The number of nitrogens with zero attached hydrogens (tertiary/aromatic N) is 1. The summed E-state index contributed by atoms with van der Waals surface area (Å²) in [6.07, 6.45) is -3.01. The molecule has 1 aliphatic heterocycles. The summed E-state index contributed by atoms with van der Waals surface area (Å²) in [5.41, 5.74) is 5.29. The van der Waals surface area contributed by atoms with Gasteiger partial charge < -0.3 is 25.8 Å². The average Bonchev–Trinajstić information content (AvgIpc) is 2.67. The molecule has 9 heteroatoms. The van der Waals surface area contributed by atoms with E-state index in [0.717, 1.165) is 0 Å². The predicted octanol–water partition coefficient (Wildman–Crippen LogP) is -2.02. The zero-order chi connectivity index (χ0) is 14.2. The maximum atomic E-state index is 11.5. The first-order chi connectivity index (χ1) is 8.99. The van der Waals surface area contributed by atoms with Crippen LogP contribution in [-0.4, -0.2) is 49.8 Å². The lowest BCUT2D eigenvalue weighted by Gasteiger charge is -2.19. The molecule has 2 heterocycles. The number of nitrogens with two attached hydrogens (primary N) is 1. The lowest BCUT2D eigenvalue weighted by molar-refractivity contribution is -0.0542. The average molecular weight is 289 g/mol. The number of H-pyrrole nitrogens is 1. The van der Waals surface area contributed by atoms with E-state index in [1.54, 1.807) is 0 Å². The molecule has 0 spiro atoms. The molecule has 0 radical (unpaired) electrons. The topological polar surface area (TPSA) is 134 Å². The van der Waals surface area contributed by atoms with Gasteiger partial charge in [-0.25, -0.2) is 0 Å². The number of ether oxygens (including phenoxy) is 1. The van der Waals surface area contributed by atoms with Crippen LogP contribution >= 0.6 is 12.2 Å². The van der Waals surface area contributed by atoms with Gasteiger partial charge in [0.1, 0.15) is 18.3 Å². The van der Waals surface area contributed by atoms with Crippen molar-refractivity contribution in [2.75, 3.05) is 6.61 Å². The van der Waals surface area contributed by atoms with E-state index >= 15 is 0 Å².